The number of carbonyl (C=O) groups is 1. The van der Waals surface area contributed by atoms with E-state index in [1.54, 1.807) is 0 Å². The number of hydrogen-bond acceptors (Lipinski definition) is 2. The van der Waals surface area contributed by atoms with E-state index >= 15 is 0 Å². The number of nitrogens with one attached hydrogen (secondary N) is 2. The molecule has 1 rings (SSSR count). The highest BCUT2D eigenvalue weighted by Crippen LogP contribution is 2.23. The van der Waals surface area contributed by atoms with Crippen LogP contribution in [-0.2, 0) is 0 Å². The molecule has 4 nitrogen and oxygen atoms in total. The van der Waals surface area contributed by atoms with Crippen molar-refractivity contribution in [3.8, 4) is 0 Å². The van der Waals surface area contributed by atoms with Gasteiger partial charge in [0.15, 0.2) is 0 Å². The molecule has 0 aromatic heterocycles. The van der Waals surface area contributed by atoms with Crippen LogP contribution in [0.25, 0.3) is 0 Å². The zero-order valence-electron chi connectivity index (χ0n) is 11.7. The molecule has 0 spiro atoms. The number of hydrogen-bond donors (Lipinski definition) is 3. The van der Waals surface area contributed by atoms with Crippen LogP contribution in [0.3, 0.4) is 0 Å². The molecule has 0 heterocycles. The van der Waals surface area contributed by atoms with E-state index in [0.29, 0.717) is 18.4 Å². The molecule has 3 N–H and O–H groups in total. The molecule has 0 aliphatic heterocycles. The van der Waals surface area contributed by atoms with Crippen LogP contribution in [0.15, 0.2) is 0 Å². The zero-order chi connectivity index (χ0) is 13.4. The summed E-state index contributed by atoms with van der Waals surface area (Å²) in [5.74, 6) is 1.01. The molecule has 0 bridgehead atoms. The molecule has 1 aliphatic rings. The van der Waals surface area contributed by atoms with E-state index in [1.165, 1.54) is 0 Å². The molecule has 0 aromatic carbocycles. The van der Waals surface area contributed by atoms with Gasteiger partial charge >= 0.3 is 6.03 Å². The number of rotatable bonds is 6. The lowest BCUT2D eigenvalue weighted by Crippen LogP contribution is -2.41. The monoisotopic (exact) mass is 256 g/mol. The van der Waals surface area contributed by atoms with Crippen LogP contribution in [0.2, 0.25) is 0 Å². The SMILES string of the molecule is CCC(CC)CNC(=O)NCC1CCCC(O)C1. The lowest BCUT2D eigenvalue weighted by molar-refractivity contribution is 0.101. The Balaban J connectivity index is 2.12. The van der Waals surface area contributed by atoms with E-state index in [2.05, 4.69) is 24.5 Å². The van der Waals surface area contributed by atoms with Gasteiger partial charge < -0.3 is 15.7 Å². The van der Waals surface area contributed by atoms with Crippen molar-refractivity contribution in [3.05, 3.63) is 0 Å². The van der Waals surface area contributed by atoms with Gasteiger partial charge in [-0.2, -0.15) is 0 Å². The molecular weight excluding hydrogens is 228 g/mol. The first-order chi connectivity index (χ1) is 8.65. The molecule has 1 fully saturated rings. The van der Waals surface area contributed by atoms with Crippen molar-refractivity contribution < 1.29 is 9.90 Å². The Morgan fingerprint density at radius 2 is 2.00 bits per heavy atom. The molecule has 4 heteroatoms. The quantitative estimate of drug-likeness (QED) is 0.682. The van der Waals surface area contributed by atoms with Gasteiger partial charge in [0.25, 0.3) is 0 Å². The van der Waals surface area contributed by atoms with Crippen molar-refractivity contribution in [2.75, 3.05) is 13.1 Å². The lowest BCUT2D eigenvalue weighted by atomic mass is 9.87. The number of amides is 2. The van der Waals surface area contributed by atoms with E-state index in [4.69, 9.17) is 0 Å². The molecule has 0 saturated heterocycles. The van der Waals surface area contributed by atoms with E-state index < -0.39 is 0 Å². The molecule has 2 atom stereocenters. The van der Waals surface area contributed by atoms with Crippen LogP contribution in [-0.4, -0.2) is 30.3 Å². The smallest absolute Gasteiger partial charge is 0.314 e. The van der Waals surface area contributed by atoms with Gasteiger partial charge in [-0.05, 0) is 31.1 Å². The third-order valence-corrected chi connectivity index (χ3v) is 4.01. The summed E-state index contributed by atoms with van der Waals surface area (Å²) < 4.78 is 0. The molecule has 0 radical (unpaired) electrons. The summed E-state index contributed by atoms with van der Waals surface area (Å²) in [7, 11) is 0. The van der Waals surface area contributed by atoms with Gasteiger partial charge in [0.2, 0.25) is 0 Å². The summed E-state index contributed by atoms with van der Waals surface area (Å²) in [4.78, 5) is 11.6. The maximum Gasteiger partial charge on any atom is 0.314 e. The maximum atomic E-state index is 11.6. The van der Waals surface area contributed by atoms with Crippen LogP contribution >= 0.6 is 0 Å². The van der Waals surface area contributed by atoms with Crippen molar-refractivity contribution in [2.24, 2.45) is 11.8 Å². The van der Waals surface area contributed by atoms with E-state index in [0.717, 1.165) is 45.1 Å². The average molecular weight is 256 g/mol. The molecule has 2 unspecified atom stereocenters. The number of aliphatic hydroxyl groups is 1. The number of aliphatic hydroxyl groups excluding tert-OH is 1. The first-order valence-corrected chi connectivity index (χ1v) is 7.35. The Hall–Kier alpha value is -0.770. The number of carbonyl (C=O) groups excluding carboxylic acids is 1. The van der Waals surface area contributed by atoms with E-state index in [-0.39, 0.29) is 12.1 Å². The minimum Gasteiger partial charge on any atom is -0.393 e. The topological polar surface area (TPSA) is 61.4 Å². The van der Waals surface area contributed by atoms with Gasteiger partial charge in [-0.3, -0.25) is 0 Å². The van der Waals surface area contributed by atoms with Crippen LogP contribution in [0.1, 0.15) is 52.4 Å². The molecule has 1 aliphatic carbocycles. The highest BCUT2D eigenvalue weighted by atomic mass is 16.3. The van der Waals surface area contributed by atoms with Gasteiger partial charge in [-0.1, -0.05) is 33.1 Å². The zero-order valence-corrected chi connectivity index (χ0v) is 11.7. The van der Waals surface area contributed by atoms with Crippen LogP contribution in [0.5, 0.6) is 0 Å². The predicted molar refractivity (Wildman–Crippen MR) is 73.4 cm³/mol. The Morgan fingerprint density at radius 1 is 1.28 bits per heavy atom. The van der Waals surface area contributed by atoms with Gasteiger partial charge in [0, 0.05) is 13.1 Å². The predicted octanol–water partition coefficient (Wildman–Crippen LogP) is 2.27. The van der Waals surface area contributed by atoms with E-state index in [1.807, 2.05) is 0 Å². The van der Waals surface area contributed by atoms with Crippen molar-refractivity contribution >= 4 is 6.03 Å². The maximum absolute atomic E-state index is 11.6. The molecule has 18 heavy (non-hydrogen) atoms. The van der Waals surface area contributed by atoms with Gasteiger partial charge in [0.1, 0.15) is 0 Å². The van der Waals surface area contributed by atoms with Crippen molar-refractivity contribution in [2.45, 2.75) is 58.5 Å². The van der Waals surface area contributed by atoms with Crippen molar-refractivity contribution in [1.82, 2.24) is 10.6 Å². The first kappa shape index (κ1) is 15.3. The highest BCUT2D eigenvalue weighted by Gasteiger charge is 2.20. The summed E-state index contributed by atoms with van der Waals surface area (Å²) in [6.07, 6.45) is 5.96. The molecule has 106 valence electrons. The molecule has 0 aromatic rings. The van der Waals surface area contributed by atoms with Gasteiger partial charge in [0.05, 0.1) is 6.10 Å². The molecular formula is C14H28N2O2. The Kier molecular flexibility index (Phi) is 7.09. The Bertz CT molecular complexity index is 242. The fraction of sp³-hybridized carbons (Fsp3) is 0.929. The Labute approximate surface area is 111 Å². The van der Waals surface area contributed by atoms with Crippen LogP contribution in [0, 0.1) is 11.8 Å². The summed E-state index contributed by atoms with van der Waals surface area (Å²) in [6.45, 7) is 5.74. The lowest BCUT2D eigenvalue weighted by Gasteiger charge is -2.26. The van der Waals surface area contributed by atoms with Crippen molar-refractivity contribution in [1.29, 1.82) is 0 Å². The third kappa shape index (κ3) is 5.71. The van der Waals surface area contributed by atoms with Crippen molar-refractivity contribution in [3.63, 3.8) is 0 Å². The second kappa shape index (κ2) is 8.35. The summed E-state index contributed by atoms with van der Waals surface area (Å²) in [6, 6.07) is -0.0676. The minimum absolute atomic E-state index is 0.0676. The third-order valence-electron chi connectivity index (χ3n) is 4.01. The molecule has 1 saturated carbocycles. The second-order valence-electron chi connectivity index (χ2n) is 5.46. The van der Waals surface area contributed by atoms with Gasteiger partial charge in [-0.25, -0.2) is 4.79 Å². The molecule has 2 amide bonds. The highest BCUT2D eigenvalue weighted by molar-refractivity contribution is 5.73. The largest absolute Gasteiger partial charge is 0.393 e. The first-order valence-electron chi connectivity index (χ1n) is 7.35. The fourth-order valence-electron chi connectivity index (χ4n) is 2.56. The normalized spacial score (nSPS) is 24.0. The number of urea groups is 1. The minimum atomic E-state index is -0.168. The van der Waals surface area contributed by atoms with Crippen LogP contribution in [0.4, 0.5) is 4.79 Å². The standard InChI is InChI=1S/C14H28N2O2/c1-3-11(4-2)9-15-14(18)16-10-12-6-5-7-13(17)8-12/h11-13,17H,3-10H2,1-2H3,(H2,15,16,18). The summed E-state index contributed by atoms with van der Waals surface area (Å²) in [5.41, 5.74) is 0. The average Bonchev–Trinajstić information content (AvgIpc) is 2.37. The summed E-state index contributed by atoms with van der Waals surface area (Å²) >= 11 is 0. The summed E-state index contributed by atoms with van der Waals surface area (Å²) in [5, 5.41) is 15.4. The second-order valence-corrected chi connectivity index (χ2v) is 5.46. The van der Waals surface area contributed by atoms with E-state index in [9.17, 15) is 9.90 Å². The Morgan fingerprint density at radius 3 is 2.61 bits per heavy atom. The van der Waals surface area contributed by atoms with Gasteiger partial charge in [-0.15, -0.1) is 0 Å². The fourth-order valence-corrected chi connectivity index (χ4v) is 2.56. The van der Waals surface area contributed by atoms with Crippen LogP contribution < -0.4 is 10.6 Å².